The van der Waals surface area contributed by atoms with Crippen molar-refractivity contribution < 1.29 is 18.0 Å². The maximum absolute atomic E-state index is 12.6. The molecule has 7 nitrogen and oxygen atoms in total. The van der Waals surface area contributed by atoms with Gasteiger partial charge in [0, 0.05) is 49.6 Å². The third-order valence-corrected chi connectivity index (χ3v) is 5.50. The number of urea groups is 1. The highest BCUT2D eigenvalue weighted by atomic mass is 19.4. The largest absolute Gasteiger partial charge is 0.416 e. The van der Waals surface area contributed by atoms with E-state index in [9.17, 15) is 22.8 Å². The van der Waals surface area contributed by atoms with Gasteiger partial charge in [0.05, 0.1) is 11.8 Å². The SMILES string of the molecule is Cn1c(C2CCN(C(=O)Nc3ccc(C(F)(F)F)cc3)CC2)cc(=O)n2nccc12. The minimum Gasteiger partial charge on any atom is -0.333 e. The molecule has 0 spiro atoms. The third-order valence-electron chi connectivity index (χ3n) is 5.50. The van der Waals surface area contributed by atoms with Gasteiger partial charge in [-0.3, -0.25) is 4.79 Å². The van der Waals surface area contributed by atoms with Crippen LogP contribution in [0.25, 0.3) is 5.65 Å². The summed E-state index contributed by atoms with van der Waals surface area (Å²) in [5.74, 6) is 0.123. The molecule has 0 aliphatic carbocycles. The number of benzene rings is 1. The molecule has 0 bridgehead atoms. The lowest BCUT2D eigenvalue weighted by atomic mass is 9.93. The van der Waals surface area contributed by atoms with Crippen molar-refractivity contribution >= 4 is 17.4 Å². The summed E-state index contributed by atoms with van der Waals surface area (Å²) in [6.07, 6.45) is -1.48. The topological polar surface area (TPSA) is 71.6 Å². The summed E-state index contributed by atoms with van der Waals surface area (Å²) < 4.78 is 41.2. The molecule has 2 aromatic heterocycles. The monoisotopic (exact) mass is 419 g/mol. The van der Waals surface area contributed by atoms with E-state index in [1.165, 1.54) is 16.6 Å². The Labute approximate surface area is 169 Å². The summed E-state index contributed by atoms with van der Waals surface area (Å²) >= 11 is 0. The van der Waals surface area contributed by atoms with Crippen LogP contribution in [-0.4, -0.2) is 38.2 Å². The Morgan fingerprint density at radius 3 is 2.43 bits per heavy atom. The molecule has 3 heterocycles. The summed E-state index contributed by atoms with van der Waals surface area (Å²) in [7, 11) is 1.88. The predicted octanol–water partition coefficient (Wildman–Crippen LogP) is 3.46. The van der Waals surface area contributed by atoms with Crippen molar-refractivity contribution in [3.8, 4) is 0 Å². The van der Waals surface area contributed by atoms with Crippen LogP contribution in [0.1, 0.15) is 30.0 Å². The van der Waals surface area contributed by atoms with Crippen LogP contribution < -0.4 is 10.9 Å². The van der Waals surface area contributed by atoms with E-state index >= 15 is 0 Å². The number of fused-ring (bicyclic) bond motifs is 1. The highest BCUT2D eigenvalue weighted by molar-refractivity contribution is 5.89. The smallest absolute Gasteiger partial charge is 0.333 e. The second-order valence-electron chi connectivity index (χ2n) is 7.33. The highest BCUT2D eigenvalue weighted by Gasteiger charge is 2.30. The van der Waals surface area contributed by atoms with Gasteiger partial charge >= 0.3 is 12.2 Å². The third kappa shape index (κ3) is 3.77. The standard InChI is InChI=1S/C20H20F3N5O2/c1-26-16(12-18(29)28-17(26)6-9-24-28)13-7-10-27(11-8-13)19(30)25-15-4-2-14(3-5-15)20(21,22)23/h2-6,9,12-13H,7-8,10-11H2,1H3,(H,25,30). The van der Waals surface area contributed by atoms with Gasteiger partial charge in [-0.1, -0.05) is 0 Å². The minimum atomic E-state index is -4.41. The van der Waals surface area contributed by atoms with Crippen LogP contribution in [0.2, 0.25) is 0 Å². The molecule has 1 aliphatic rings. The molecule has 1 fully saturated rings. The highest BCUT2D eigenvalue weighted by Crippen LogP contribution is 2.30. The molecule has 1 saturated heterocycles. The zero-order valence-corrected chi connectivity index (χ0v) is 16.2. The maximum Gasteiger partial charge on any atom is 0.416 e. The molecule has 0 saturated carbocycles. The Kier molecular flexibility index (Phi) is 5.00. The van der Waals surface area contributed by atoms with E-state index < -0.39 is 11.7 Å². The molecular formula is C20H20F3N5O2. The number of anilines is 1. The number of aromatic nitrogens is 3. The molecule has 10 heteroatoms. The lowest BCUT2D eigenvalue weighted by molar-refractivity contribution is -0.137. The van der Waals surface area contributed by atoms with Gasteiger partial charge in [0.1, 0.15) is 5.65 Å². The Hall–Kier alpha value is -3.30. The lowest BCUT2D eigenvalue weighted by Crippen LogP contribution is -2.41. The van der Waals surface area contributed by atoms with Gasteiger partial charge in [-0.2, -0.15) is 22.8 Å². The quantitative estimate of drug-likeness (QED) is 0.692. The number of aryl methyl sites for hydroxylation is 1. The van der Waals surface area contributed by atoms with E-state index in [4.69, 9.17) is 0 Å². The van der Waals surface area contributed by atoms with Crippen LogP contribution in [0.5, 0.6) is 0 Å². The number of amides is 2. The number of nitrogens with zero attached hydrogens (tertiary/aromatic N) is 4. The fourth-order valence-corrected chi connectivity index (χ4v) is 3.85. The predicted molar refractivity (Wildman–Crippen MR) is 104 cm³/mol. The van der Waals surface area contributed by atoms with Gasteiger partial charge in [-0.25, -0.2) is 4.79 Å². The number of alkyl halides is 3. The van der Waals surface area contributed by atoms with Crippen molar-refractivity contribution in [2.45, 2.75) is 24.9 Å². The summed E-state index contributed by atoms with van der Waals surface area (Å²) in [5, 5.41) is 6.66. The first kappa shape index (κ1) is 20.0. The number of piperidine rings is 1. The van der Waals surface area contributed by atoms with E-state index in [0.717, 1.165) is 17.8 Å². The van der Waals surface area contributed by atoms with Gasteiger partial charge in [0.2, 0.25) is 0 Å². The first-order valence-electron chi connectivity index (χ1n) is 9.51. The van der Waals surface area contributed by atoms with Crippen molar-refractivity contribution in [1.82, 2.24) is 19.1 Å². The van der Waals surface area contributed by atoms with Crippen molar-refractivity contribution in [2.24, 2.45) is 7.05 Å². The second kappa shape index (κ2) is 7.51. The molecular weight excluding hydrogens is 399 g/mol. The number of nitrogens with one attached hydrogen (secondary N) is 1. The van der Waals surface area contributed by atoms with Crippen LogP contribution in [0.3, 0.4) is 0 Å². The normalized spacial score (nSPS) is 15.5. The summed E-state index contributed by atoms with van der Waals surface area (Å²) in [6, 6.07) is 7.37. The molecule has 3 aromatic rings. The van der Waals surface area contributed by atoms with Crippen LogP contribution in [-0.2, 0) is 13.2 Å². The molecule has 0 atom stereocenters. The Morgan fingerprint density at radius 1 is 1.13 bits per heavy atom. The van der Waals surface area contributed by atoms with E-state index in [2.05, 4.69) is 10.4 Å². The lowest BCUT2D eigenvalue weighted by Gasteiger charge is -2.33. The number of carbonyl (C=O) groups excluding carboxylic acids is 1. The molecule has 1 aromatic carbocycles. The zero-order valence-electron chi connectivity index (χ0n) is 16.2. The average Bonchev–Trinajstić information content (AvgIpc) is 3.21. The fourth-order valence-electron chi connectivity index (χ4n) is 3.85. The Bertz CT molecular complexity index is 1130. The first-order chi connectivity index (χ1) is 14.2. The van der Waals surface area contributed by atoms with E-state index in [0.29, 0.717) is 37.3 Å². The average molecular weight is 419 g/mol. The van der Waals surface area contributed by atoms with Crippen LogP contribution >= 0.6 is 0 Å². The maximum atomic E-state index is 12.6. The van der Waals surface area contributed by atoms with Gasteiger partial charge in [-0.05, 0) is 37.1 Å². The number of rotatable bonds is 2. The Morgan fingerprint density at radius 2 is 1.80 bits per heavy atom. The van der Waals surface area contributed by atoms with Crippen molar-refractivity contribution in [1.29, 1.82) is 0 Å². The molecule has 0 unspecified atom stereocenters. The minimum absolute atomic E-state index is 0.123. The Balaban J connectivity index is 1.40. The second-order valence-corrected chi connectivity index (χ2v) is 7.33. The van der Waals surface area contributed by atoms with Crippen molar-refractivity contribution in [3.05, 3.63) is 64.2 Å². The molecule has 2 amide bonds. The zero-order chi connectivity index (χ0) is 21.5. The van der Waals surface area contributed by atoms with Crippen molar-refractivity contribution in [3.63, 3.8) is 0 Å². The van der Waals surface area contributed by atoms with E-state index in [1.807, 2.05) is 11.6 Å². The van der Waals surface area contributed by atoms with Gasteiger partial charge in [0.25, 0.3) is 5.56 Å². The number of hydrogen-bond acceptors (Lipinski definition) is 3. The summed E-state index contributed by atoms with van der Waals surface area (Å²) in [5.41, 5.74) is 0.965. The molecule has 1 aliphatic heterocycles. The number of carbonyl (C=O) groups is 1. The molecule has 30 heavy (non-hydrogen) atoms. The number of likely N-dealkylation sites (tertiary alicyclic amines) is 1. The van der Waals surface area contributed by atoms with E-state index in [-0.39, 0.29) is 17.5 Å². The van der Waals surface area contributed by atoms with Crippen LogP contribution in [0, 0.1) is 0 Å². The van der Waals surface area contributed by atoms with Crippen molar-refractivity contribution in [2.75, 3.05) is 18.4 Å². The molecule has 158 valence electrons. The first-order valence-corrected chi connectivity index (χ1v) is 9.51. The molecule has 1 N–H and O–H groups in total. The number of halogens is 3. The molecule has 4 rings (SSSR count). The van der Waals surface area contributed by atoms with Gasteiger partial charge < -0.3 is 14.8 Å². The number of hydrogen-bond donors (Lipinski definition) is 1. The fraction of sp³-hybridized carbons (Fsp3) is 0.350. The van der Waals surface area contributed by atoms with Crippen LogP contribution in [0.4, 0.5) is 23.7 Å². The van der Waals surface area contributed by atoms with E-state index in [1.54, 1.807) is 23.2 Å². The van der Waals surface area contributed by atoms with Gasteiger partial charge in [-0.15, -0.1) is 0 Å². The molecule has 0 radical (unpaired) electrons. The van der Waals surface area contributed by atoms with Gasteiger partial charge in [0.15, 0.2) is 0 Å². The summed E-state index contributed by atoms with van der Waals surface area (Å²) in [4.78, 5) is 26.4. The van der Waals surface area contributed by atoms with Crippen LogP contribution in [0.15, 0.2) is 47.4 Å². The summed E-state index contributed by atoms with van der Waals surface area (Å²) in [6.45, 7) is 0.964.